The fraction of sp³-hybridized carbons (Fsp3) is 0.529. The van der Waals surface area contributed by atoms with Crippen molar-refractivity contribution in [2.24, 2.45) is 5.92 Å². The van der Waals surface area contributed by atoms with Gasteiger partial charge in [-0.05, 0) is 36.6 Å². The van der Waals surface area contributed by atoms with E-state index in [0.29, 0.717) is 30.4 Å². The monoisotopic (exact) mass is 321 g/mol. The van der Waals surface area contributed by atoms with Crippen molar-refractivity contribution < 1.29 is 24.2 Å². The second-order valence-electron chi connectivity index (χ2n) is 5.98. The zero-order valence-corrected chi connectivity index (χ0v) is 13.5. The van der Waals surface area contributed by atoms with E-state index >= 15 is 0 Å². The highest BCUT2D eigenvalue weighted by atomic mass is 16.5. The van der Waals surface area contributed by atoms with E-state index in [1.807, 2.05) is 0 Å². The second kappa shape index (κ2) is 7.97. The molecule has 1 unspecified atom stereocenters. The van der Waals surface area contributed by atoms with Crippen LogP contribution in [0, 0.1) is 5.92 Å². The summed E-state index contributed by atoms with van der Waals surface area (Å²) in [7, 11) is 0. The maximum Gasteiger partial charge on any atom is 0.328 e. The van der Waals surface area contributed by atoms with Crippen LogP contribution in [0.5, 0.6) is 5.75 Å². The number of hydrogen-bond donors (Lipinski definition) is 1. The summed E-state index contributed by atoms with van der Waals surface area (Å²) in [6.07, 6.45) is 0.967. The van der Waals surface area contributed by atoms with Gasteiger partial charge in [-0.15, -0.1) is 0 Å². The smallest absolute Gasteiger partial charge is 0.328 e. The number of morpholine rings is 1. The molecule has 6 heteroatoms. The lowest BCUT2D eigenvalue weighted by molar-refractivity contribution is -0.147. The highest BCUT2D eigenvalue weighted by molar-refractivity contribution is 5.96. The highest BCUT2D eigenvalue weighted by Gasteiger charge is 2.33. The number of carboxylic acids is 1. The number of hydrogen-bond acceptors (Lipinski definition) is 4. The summed E-state index contributed by atoms with van der Waals surface area (Å²) >= 11 is 0. The molecule has 0 aromatic heterocycles. The predicted octanol–water partition coefficient (Wildman–Crippen LogP) is 2.04. The lowest BCUT2D eigenvalue weighted by Crippen LogP contribution is -2.52. The van der Waals surface area contributed by atoms with Gasteiger partial charge in [0.25, 0.3) is 5.91 Å². The second-order valence-corrected chi connectivity index (χ2v) is 5.98. The fourth-order valence-corrected chi connectivity index (χ4v) is 2.32. The van der Waals surface area contributed by atoms with E-state index in [9.17, 15) is 14.7 Å². The van der Waals surface area contributed by atoms with E-state index in [1.54, 1.807) is 24.3 Å². The van der Waals surface area contributed by atoms with Crippen LogP contribution in [0.25, 0.3) is 0 Å². The number of carbonyl (C=O) groups is 2. The molecule has 1 aliphatic rings. The number of aliphatic carboxylic acids is 1. The third-order valence-corrected chi connectivity index (χ3v) is 3.74. The molecule has 23 heavy (non-hydrogen) atoms. The molecule has 126 valence electrons. The van der Waals surface area contributed by atoms with Crippen LogP contribution in [-0.2, 0) is 9.53 Å². The van der Waals surface area contributed by atoms with Crippen LogP contribution in [0.15, 0.2) is 24.3 Å². The van der Waals surface area contributed by atoms with Crippen LogP contribution < -0.4 is 4.74 Å². The predicted molar refractivity (Wildman–Crippen MR) is 84.7 cm³/mol. The van der Waals surface area contributed by atoms with E-state index in [4.69, 9.17) is 9.47 Å². The third-order valence-electron chi connectivity index (χ3n) is 3.74. The normalized spacial score (nSPS) is 18.0. The van der Waals surface area contributed by atoms with Crippen molar-refractivity contribution in [3.63, 3.8) is 0 Å². The number of benzene rings is 1. The first kappa shape index (κ1) is 17.3. The van der Waals surface area contributed by atoms with Gasteiger partial charge in [0.2, 0.25) is 0 Å². The van der Waals surface area contributed by atoms with Gasteiger partial charge >= 0.3 is 5.97 Å². The van der Waals surface area contributed by atoms with E-state index in [-0.39, 0.29) is 19.1 Å². The van der Waals surface area contributed by atoms with Crippen LogP contribution in [0.1, 0.15) is 30.6 Å². The minimum absolute atomic E-state index is 0.0253. The minimum Gasteiger partial charge on any atom is -0.494 e. The lowest BCUT2D eigenvalue weighted by Gasteiger charge is -2.32. The van der Waals surface area contributed by atoms with Crippen molar-refractivity contribution in [1.82, 2.24) is 4.90 Å². The van der Waals surface area contributed by atoms with Gasteiger partial charge in [0.1, 0.15) is 5.75 Å². The molecule has 0 bridgehead atoms. The Kier molecular flexibility index (Phi) is 5.98. The van der Waals surface area contributed by atoms with Crippen LogP contribution in [0.4, 0.5) is 0 Å². The van der Waals surface area contributed by atoms with E-state index in [2.05, 4.69) is 13.8 Å². The molecule has 1 fully saturated rings. The summed E-state index contributed by atoms with van der Waals surface area (Å²) in [5, 5.41) is 9.20. The summed E-state index contributed by atoms with van der Waals surface area (Å²) < 4.78 is 10.8. The molecular weight excluding hydrogens is 298 g/mol. The quantitative estimate of drug-likeness (QED) is 0.867. The first-order chi connectivity index (χ1) is 11.0. The molecule has 0 spiro atoms. The standard InChI is InChI=1S/C17H23NO5/c1-12(2)7-9-23-14-5-3-13(4-6-14)16(19)18-8-10-22-11-15(18)17(20)21/h3-6,12,15H,7-11H2,1-2H3,(H,20,21). The number of amides is 1. The number of ether oxygens (including phenoxy) is 2. The zero-order valence-electron chi connectivity index (χ0n) is 13.5. The molecule has 0 saturated carbocycles. The maximum absolute atomic E-state index is 12.5. The summed E-state index contributed by atoms with van der Waals surface area (Å²) in [5.41, 5.74) is 0.453. The lowest BCUT2D eigenvalue weighted by atomic mass is 10.1. The molecule has 1 heterocycles. The molecule has 1 amide bonds. The number of carboxylic acid groups (broad SMARTS) is 1. The summed E-state index contributed by atoms with van der Waals surface area (Å²) in [6, 6.07) is 5.88. The summed E-state index contributed by atoms with van der Waals surface area (Å²) in [6.45, 7) is 5.56. The summed E-state index contributed by atoms with van der Waals surface area (Å²) in [4.78, 5) is 25.1. The fourth-order valence-electron chi connectivity index (χ4n) is 2.32. The molecule has 1 saturated heterocycles. The van der Waals surface area contributed by atoms with E-state index < -0.39 is 12.0 Å². The Balaban J connectivity index is 2.00. The molecule has 1 aliphatic heterocycles. The van der Waals surface area contributed by atoms with Gasteiger partial charge in [0.05, 0.1) is 19.8 Å². The molecule has 1 aromatic rings. The van der Waals surface area contributed by atoms with E-state index in [0.717, 1.165) is 6.42 Å². The van der Waals surface area contributed by atoms with Gasteiger partial charge in [-0.3, -0.25) is 4.79 Å². The van der Waals surface area contributed by atoms with Gasteiger partial charge in [-0.25, -0.2) is 4.79 Å². The van der Waals surface area contributed by atoms with E-state index in [1.165, 1.54) is 4.90 Å². The van der Waals surface area contributed by atoms with Gasteiger partial charge in [-0.1, -0.05) is 13.8 Å². The highest BCUT2D eigenvalue weighted by Crippen LogP contribution is 2.17. The SMILES string of the molecule is CC(C)CCOc1ccc(C(=O)N2CCOCC2C(=O)O)cc1. The van der Waals surface area contributed by atoms with Crippen molar-refractivity contribution >= 4 is 11.9 Å². The topological polar surface area (TPSA) is 76.1 Å². The van der Waals surface area contributed by atoms with Crippen molar-refractivity contribution in [1.29, 1.82) is 0 Å². The van der Waals surface area contributed by atoms with Crippen LogP contribution in [-0.4, -0.2) is 54.3 Å². The Labute approximate surface area is 136 Å². The van der Waals surface area contributed by atoms with Crippen molar-refractivity contribution in [3.05, 3.63) is 29.8 Å². The van der Waals surface area contributed by atoms with Crippen LogP contribution in [0.3, 0.4) is 0 Å². The number of nitrogens with zero attached hydrogens (tertiary/aromatic N) is 1. The maximum atomic E-state index is 12.5. The van der Waals surface area contributed by atoms with Crippen LogP contribution in [0.2, 0.25) is 0 Å². The number of rotatable bonds is 6. The first-order valence-corrected chi connectivity index (χ1v) is 7.83. The summed E-state index contributed by atoms with van der Waals surface area (Å²) in [5.74, 6) is -0.0646. The molecule has 0 radical (unpaired) electrons. The van der Waals surface area contributed by atoms with Crippen molar-refractivity contribution in [2.75, 3.05) is 26.4 Å². The Morgan fingerprint density at radius 2 is 2.04 bits per heavy atom. The third kappa shape index (κ3) is 4.69. The molecular formula is C17H23NO5. The van der Waals surface area contributed by atoms with Crippen LogP contribution >= 0.6 is 0 Å². The van der Waals surface area contributed by atoms with Gasteiger partial charge in [-0.2, -0.15) is 0 Å². The first-order valence-electron chi connectivity index (χ1n) is 7.83. The van der Waals surface area contributed by atoms with Gasteiger partial charge < -0.3 is 19.5 Å². The molecule has 1 aromatic carbocycles. The minimum atomic E-state index is -1.05. The Bertz CT molecular complexity index is 540. The zero-order chi connectivity index (χ0) is 16.8. The largest absolute Gasteiger partial charge is 0.494 e. The molecule has 1 atom stereocenters. The molecule has 2 rings (SSSR count). The molecule has 1 N–H and O–H groups in total. The Morgan fingerprint density at radius 3 is 2.65 bits per heavy atom. The number of carbonyl (C=O) groups excluding carboxylic acids is 1. The Hall–Kier alpha value is -2.08. The molecule has 6 nitrogen and oxygen atoms in total. The van der Waals surface area contributed by atoms with Crippen molar-refractivity contribution in [3.8, 4) is 5.75 Å². The van der Waals surface area contributed by atoms with Crippen molar-refractivity contribution in [2.45, 2.75) is 26.3 Å². The van der Waals surface area contributed by atoms with Gasteiger partial charge in [0.15, 0.2) is 6.04 Å². The van der Waals surface area contributed by atoms with Gasteiger partial charge in [0, 0.05) is 12.1 Å². The molecule has 0 aliphatic carbocycles. The Morgan fingerprint density at radius 1 is 1.35 bits per heavy atom. The average Bonchev–Trinajstić information content (AvgIpc) is 2.54. The average molecular weight is 321 g/mol.